The average Bonchev–Trinajstić information content (AvgIpc) is 2.47. The highest BCUT2D eigenvalue weighted by molar-refractivity contribution is 5.58. The Kier molecular flexibility index (Phi) is 3.10. The van der Waals surface area contributed by atoms with Crippen LogP contribution in [0.4, 0.5) is 0 Å². The number of fused-ring (bicyclic) bond motifs is 1. The van der Waals surface area contributed by atoms with Crippen LogP contribution in [0.25, 0.3) is 6.08 Å². The molecule has 1 heterocycles. The van der Waals surface area contributed by atoms with E-state index in [0.717, 1.165) is 11.1 Å². The van der Waals surface area contributed by atoms with Crippen molar-refractivity contribution in [2.45, 2.75) is 19.0 Å². The molecule has 0 aliphatic carbocycles. The maximum atomic E-state index is 5.89. The molecule has 2 nitrogen and oxygen atoms in total. The summed E-state index contributed by atoms with van der Waals surface area (Å²) in [7, 11) is 0. The second-order valence-corrected chi connectivity index (χ2v) is 4.93. The molecule has 1 aliphatic rings. The van der Waals surface area contributed by atoms with Gasteiger partial charge in [0, 0.05) is 6.04 Å². The van der Waals surface area contributed by atoms with Crippen molar-refractivity contribution in [3.63, 3.8) is 0 Å². The fourth-order valence-corrected chi connectivity index (χ4v) is 2.44. The van der Waals surface area contributed by atoms with Gasteiger partial charge in [-0.3, -0.25) is 0 Å². The Hall–Kier alpha value is -2.06. The third kappa shape index (κ3) is 2.27. The van der Waals surface area contributed by atoms with E-state index in [1.54, 1.807) is 0 Å². The van der Waals surface area contributed by atoms with Gasteiger partial charge >= 0.3 is 0 Å². The quantitative estimate of drug-likeness (QED) is 0.858. The van der Waals surface area contributed by atoms with E-state index >= 15 is 0 Å². The third-order valence-corrected chi connectivity index (χ3v) is 3.54. The zero-order valence-corrected chi connectivity index (χ0v) is 10.9. The number of nitrogens with two attached hydrogens (primary N) is 1. The van der Waals surface area contributed by atoms with Gasteiger partial charge in [-0.1, -0.05) is 42.5 Å². The lowest BCUT2D eigenvalue weighted by molar-refractivity contribution is 0.718. The minimum atomic E-state index is 0.0777. The molecule has 1 radical (unpaired) electrons. The molecule has 19 heavy (non-hydrogen) atoms. The van der Waals surface area contributed by atoms with Crippen LogP contribution < -0.4 is 11.1 Å². The van der Waals surface area contributed by atoms with E-state index in [4.69, 9.17) is 5.73 Å². The summed E-state index contributed by atoms with van der Waals surface area (Å²) in [5.74, 6) is 0. The van der Waals surface area contributed by atoms with Crippen molar-refractivity contribution in [3.05, 3.63) is 77.0 Å². The van der Waals surface area contributed by atoms with Crippen LogP contribution >= 0.6 is 0 Å². The van der Waals surface area contributed by atoms with E-state index in [0.29, 0.717) is 0 Å². The molecule has 95 valence electrons. The summed E-state index contributed by atoms with van der Waals surface area (Å²) < 4.78 is 0. The summed E-state index contributed by atoms with van der Waals surface area (Å²) in [5, 5.41) is 3.41. The molecule has 0 saturated heterocycles. The van der Waals surface area contributed by atoms with E-state index in [9.17, 15) is 0 Å². The predicted molar refractivity (Wildman–Crippen MR) is 78.3 cm³/mol. The Bertz CT molecular complexity index is 597. The monoisotopic (exact) mass is 249 g/mol. The van der Waals surface area contributed by atoms with E-state index in [1.807, 2.05) is 25.3 Å². The van der Waals surface area contributed by atoms with Crippen LogP contribution in [-0.4, -0.2) is 0 Å². The average molecular weight is 249 g/mol. The van der Waals surface area contributed by atoms with Crippen LogP contribution in [-0.2, 0) is 0 Å². The van der Waals surface area contributed by atoms with Gasteiger partial charge in [-0.2, -0.15) is 0 Å². The molecule has 2 atom stereocenters. The lowest BCUT2D eigenvalue weighted by Gasteiger charge is -2.24. The molecule has 3 rings (SSSR count). The van der Waals surface area contributed by atoms with Gasteiger partial charge in [-0.05, 0) is 47.5 Å². The van der Waals surface area contributed by atoms with Gasteiger partial charge < -0.3 is 11.1 Å². The molecule has 2 heteroatoms. The summed E-state index contributed by atoms with van der Waals surface area (Å²) in [5.41, 5.74) is 10.7. The smallest absolute Gasteiger partial charge is 0.0768 e. The molecule has 0 amide bonds. The molecule has 1 aliphatic heterocycles. The fraction of sp³-hybridized carbons (Fsp3) is 0.176. The van der Waals surface area contributed by atoms with Crippen LogP contribution in [0.1, 0.15) is 41.3 Å². The lowest BCUT2D eigenvalue weighted by Crippen LogP contribution is -2.20. The second kappa shape index (κ2) is 4.90. The van der Waals surface area contributed by atoms with Gasteiger partial charge in [0.25, 0.3) is 0 Å². The van der Waals surface area contributed by atoms with E-state index in [2.05, 4.69) is 47.8 Å². The summed E-state index contributed by atoms with van der Waals surface area (Å²) in [4.78, 5) is 0. The van der Waals surface area contributed by atoms with Crippen LogP contribution in [0.2, 0.25) is 0 Å². The first-order valence-corrected chi connectivity index (χ1v) is 6.54. The first-order valence-electron chi connectivity index (χ1n) is 6.54. The molecule has 3 N–H and O–H groups in total. The highest BCUT2D eigenvalue weighted by Gasteiger charge is 2.17. The Morgan fingerprint density at radius 2 is 2.00 bits per heavy atom. The van der Waals surface area contributed by atoms with Crippen molar-refractivity contribution < 1.29 is 0 Å². The van der Waals surface area contributed by atoms with E-state index in [-0.39, 0.29) is 12.1 Å². The SMILES string of the molecule is C[C@@H](N)c1ccc(C2NC=Cc3[c]cccc32)cc1. The van der Waals surface area contributed by atoms with Gasteiger partial charge in [0.1, 0.15) is 0 Å². The van der Waals surface area contributed by atoms with Gasteiger partial charge in [0.2, 0.25) is 0 Å². The minimum Gasteiger partial charge on any atom is -0.380 e. The normalized spacial score (nSPS) is 18.5. The van der Waals surface area contributed by atoms with E-state index in [1.165, 1.54) is 11.1 Å². The number of benzene rings is 2. The van der Waals surface area contributed by atoms with Crippen molar-refractivity contribution in [3.8, 4) is 0 Å². The maximum absolute atomic E-state index is 5.89. The molecule has 1 unspecified atom stereocenters. The van der Waals surface area contributed by atoms with E-state index < -0.39 is 0 Å². The van der Waals surface area contributed by atoms with Crippen LogP contribution in [0.5, 0.6) is 0 Å². The zero-order chi connectivity index (χ0) is 13.2. The molecule has 0 spiro atoms. The molecule has 0 bridgehead atoms. The van der Waals surface area contributed by atoms with Gasteiger partial charge in [-0.15, -0.1) is 0 Å². The van der Waals surface area contributed by atoms with Crippen molar-refractivity contribution in [1.82, 2.24) is 5.32 Å². The maximum Gasteiger partial charge on any atom is 0.0768 e. The minimum absolute atomic E-state index is 0.0777. The molecule has 0 saturated carbocycles. The topological polar surface area (TPSA) is 38.0 Å². The molecule has 0 fully saturated rings. The predicted octanol–water partition coefficient (Wildman–Crippen LogP) is 3.17. The first kappa shape index (κ1) is 12.0. The van der Waals surface area contributed by atoms with Crippen molar-refractivity contribution >= 4 is 6.08 Å². The number of hydrogen-bond acceptors (Lipinski definition) is 2. The largest absolute Gasteiger partial charge is 0.380 e. The Labute approximate surface area is 114 Å². The van der Waals surface area contributed by atoms with Gasteiger partial charge in [0.05, 0.1) is 6.04 Å². The molecule has 2 aromatic carbocycles. The standard InChI is InChI=1S/C17H17N2/c1-12(18)13-6-8-15(9-7-13)17-16-5-3-2-4-14(16)10-11-19-17/h2-3,5-12,17,19H,18H2,1H3/t12-,17?/m1/s1. The molecular weight excluding hydrogens is 232 g/mol. The summed E-state index contributed by atoms with van der Waals surface area (Å²) in [6.07, 6.45) is 4.05. The Morgan fingerprint density at radius 1 is 1.21 bits per heavy atom. The Balaban J connectivity index is 1.97. The molecular formula is C17H17N2. The fourth-order valence-electron chi connectivity index (χ4n) is 2.44. The second-order valence-electron chi connectivity index (χ2n) is 4.93. The highest BCUT2D eigenvalue weighted by atomic mass is 14.9. The van der Waals surface area contributed by atoms with Crippen LogP contribution in [0.3, 0.4) is 0 Å². The summed E-state index contributed by atoms with van der Waals surface area (Å²) >= 11 is 0. The van der Waals surface area contributed by atoms with Crippen LogP contribution in [0.15, 0.2) is 48.7 Å². The number of hydrogen-bond donors (Lipinski definition) is 2. The van der Waals surface area contributed by atoms with Crippen molar-refractivity contribution in [2.75, 3.05) is 0 Å². The van der Waals surface area contributed by atoms with Gasteiger partial charge in [-0.25, -0.2) is 0 Å². The van der Waals surface area contributed by atoms with Crippen LogP contribution in [0, 0.1) is 6.07 Å². The van der Waals surface area contributed by atoms with Crippen molar-refractivity contribution in [1.29, 1.82) is 0 Å². The molecule has 2 aromatic rings. The zero-order valence-electron chi connectivity index (χ0n) is 10.9. The summed E-state index contributed by atoms with van der Waals surface area (Å²) in [6, 6.07) is 18.2. The Morgan fingerprint density at radius 3 is 2.74 bits per heavy atom. The molecule has 0 aromatic heterocycles. The number of rotatable bonds is 2. The van der Waals surface area contributed by atoms with Gasteiger partial charge in [0.15, 0.2) is 0 Å². The lowest BCUT2D eigenvalue weighted by atomic mass is 9.91. The third-order valence-electron chi connectivity index (χ3n) is 3.54. The van der Waals surface area contributed by atoms with Crippen molar-refractivity contribution in [2.24, 2.45) is 5.73 Å². The first-order chi connectivity index (χ1) is 9.25. The highest BCUT2D eigenvalue weighted by Crippen LogP contribution is 2.29. The summed E-state index contributed by atoms with van der Waals surface area (Å²) in [6.45, 7) is 2.00. The number of nitrogens with one attached hydrogen (secondary N) is 1.